The molecule has 4 atom stereocenters. The summed E-state index contributed by atoms with van der Waals surface area (Å²) in [4.78, 5) is 25.9. The first-order valence-corrected chi connectivity index (χ1v) is 18.2. The van der Waals surface area contributed by atoms with E-state index in [4.69, 9.17) is 14.2 Å². The van der Waals surface area contributed by atoms with E-state index < -0.39 is 11.8 Å². The van der Waals surface area contributed by atoms with Gasteiger partial charge in [0.15, 0.2) is 0 Å². The molecule has 0 amide bonds. The molecule has 0 aliphatic carbocycles. The van der Waals surface area contributed by atoms with Crippen molar-refractivity contribution in [3.05, 3.63) is 0 Å². The Bertz CT molecular complexity index is 596. The Kier molecular flexibility index (Phi) is 21.4. The minimum absolute atomic E-state index is 0.182. The Labute approximate surface area is 253 Å². The number of carbonyl (C=O) groups excluding carboxylic acids is 2. The monoisotopic (exact) mass is 578 g/mol. The first-order valence-electron chi connectivity index (χ1n) is 18.2. The van der Waals surface area contributed by atoms with Gasteiger partial charge < -0.3 is 14.2 Å². The Hall–Kier alpha value is -1.10. The van der Waals surface area contributed by atoms with Crippen LogP contribution in [0.1, 0.15) is 181 Å². The average Bonchev–Trinajstić information content (AvgIpc) is 3.60. The molecule has 0 aromatic rings. The molecule has 2 fully saturated rings. The van der Waals surface area contributed by atoms with Crippen LogP contribution in [0.3, 0.4) is 0 Å². The molecule has 5 heteroatoms. The highest BCUT2D eigenvalue weighted by atomic mass is 16.6. The largest absolute Gasteiger partial charge is 0.465 e. The Morgan fingerprint density at radius 3 is 1.02 bits per heavy atom. The molecule has 0 radical (unpaired) electrons. The number of hydrogen-bond acceptors (Lipinski definition) is 5. The Morgan fingerprint density at radius 1 is 0.463 bits per heavy atom. The van der Waals surface area contributed by atoms with Gasteiger partial charge in [-0.3, -0.25) is 9.59 Å². The minimum atomic E-state index is -0.486. The van der Waals surface area contributed by atoms with Crippen molar-refractivity contribution in [2.45, 2.75) is 193 Å². The van der Waals surface area contributed by atoms with Gasteiger partial charge in [-0.1, -0.05) is 155 Å². The highest BCUT2D eigenvalue weighted by molar-refractivity contribution is 5.84. The van der Waals surface area contributed by atoms with E-state index >= 15 is 0 Å². The number of unbranched alkanes of at least 4 members (excludes halogenated alkanes) is 22. The molecule has 0 saturated carbocycles. The fourth-order valence-corrected chi connectivity index (χ4v) is 6.70. The summed E-state index contributed by atoms with van der Waals surface area (Å²) in [5.41, 5.74) is 0. The van der Waals surface area contributed by atoms with Crippen LogP contribution in [0.2, 0.25) is 0 Å². The van der Waals surface area contributed by atoms with E-state index in [0.717, 1.165) is 38.5 Å². The van der Waals surface area contributed by atoms with Gasteiger partial charge in [0, 0.05) is 0 Å². The van der Waals surface area contributed by atoms with Gasteiger partial charge in [-0.15, -0.1) is 0 Å². The van der Waals surface area contributed by atoms with E-state index in [1.54, 1.807) is 0 Å². The molecule has 2 aliphatic heterocycles. The van der Waals surface area contributed by atoms with Crippen LogP contribution < -0.4 is 0 Å². The summed E-state index contributed by atoms with van der Waals surface area (Å²) in [5.74, 6) is -1.48. The average molecular weight is 579 g/mol. The number of rotatable bonds is 28. The van der Waals surface area contributed by atoms with Crippen molar-refractivity contribution in [2.24, 2.45) is 11.8 Å². The lowest BCUT2D eigenvalue weighted by Gasteiger charge is -2.25. The van der Waals surface area contributed by atoms with Crippen molar-refractivity contribution in [2.75, 3.05) is 13.2 Å². The second kappa shape index (κ2) is 24.4. The zero-order valence-electron chi connectivity index (χ0n) is 27.1. The lowest BCUT2D eigenvalue weighted by atomic mass is 9.79. The van der Waals surface area contributed by atoms with Gasteiger partial charge in [-0.25, -0.2) is 0 Å². The molecular formula is C36H66O5. The van der Waals surface area contributed by atoms with Crippen LogP contribution in [0.15, 0.2) is 0 Å². The van der Waals surface area contributed by atoms with Crippen molar-refractivity contribution in [3.63, 3.8) is 0 Å². The van der Waals surface area contributed by atoms with Crippen LogP contribution in [-0.4, -0.2) is 37.4 Å². The van der Waals surface area contributed by atoms with Crippen molar-refractivity contribution in [3.8, 4) is 0 Å². The first kappa shape index (κ1) is 36.1. The van der Waals surface area contributed by atoms with Crippen LogP contribution in [0.4, 0.5) is 0 Å². The van der Waals surface area contributed by atoms with E-state index in [1.807, 2.05) is 0 Å². The van der Waals surface area contributed by atoms with Crippen LogP contribution in [0.5, 0.6) is 0 Å². The molecule has 41 heavy (non-hydrogen) atoms. The zero-order chi connectivity index (χ0) is 29.4. The van der Waals surface area contributed by atoms with E-state index in [-0.39, 0.29) is 24.1 Å². The summed E-state index contributed by atoms with van der Waals surface area (Å²) in [7, 11) is 0. The summed E-state index contributed by atoms with van der Waals surface area (Å²) in [5, 5.41) is 0. The van der Waals surface area contributed by atoms with Crippen molar-refractivity contribution < 1.29 is 23.8 Å². The molecule has 4 unspecified atom stereocenters. The molecule has 5 nitrogen and oxygen atoms in total. The first-order chi connectivity index (χ1) is 20.2. The summed E-state index contributed by atoms with van der Waals surface area (Å²) < 4.78 is 17.3. The topological polar surface area (TPSA) is 61.8 Å². The number of esters is 2. The quantitative estimate of drug-likeness (QED) is 0.0682. The third-order valence-corrected chi connectivity index (χ3v) is 9.30. The molecule has 0 N–H and O–H groups in total. The number of carbonyl (C=O) groups is 2. The van der Waals surface area contributed by atoms with Crippen LogP contribution in [-0.2, 0) is 23.8 Å². The van der Waals surface area contributed by atoms with Crippen molar-refractivity contribution in [1.82, 2.24) is 0 Å². The third-order valence-electron chi connectivity index (χ3n) is 9.30. The second-order valence-corrected chi connectivity index (χ2v) is 13.0. The maximum Gasteiger partial charge on any atom is 0.312 e. The van der Waals surface area contributed by atoms with E-state index in [9.17, 15) is 9.59 Å². The lowest BCUT2D eigenvalue weighted by molar-refractivity contribution is -0.161. The van der Waals surface area contributed by atoms with E-state index in [1.165, 1.54) is 128 Å². The second-order valence-electron chi connectivity index (χ2n) is 13.0. The fraction of sp³-hybridized carbons (Fsp3) is 0.944. The normalized spacial score (nSPS) is 21.4. The van der Waals surface area contributed by atoms with Crippen LogP contribution in [0, 0.1) is 11.8 Å². The van der Waals surface area contributed by atoms with Crippen LogP contribution in [0.25, 0.3) is 0 Å². The molecule has 2 rings (SSSR count). The molecular weight excluding hydrogens is 512 g/mol. The highest BCUT2D eigenvalue weighted by Gasteiger charge is 2.56. The number of fused-ring (bicyclic) bond motifs is 2. The summed E-state index contributed by atoms with van der Waals surface area (Å²) in [6.45, 7) is 5.43. The molecule has 2 bridgehead atoms. The van der Waals surface area contributed by atoms with Gasteiger partial charge in [0.2, 0.25) is 0 Å². The molecule has 2 aliphatic rings. The zero-order valence-corrected chi connectivity index (χ0v) is 27.1. The molecule has 240 valence electrons. The third kappa shape index (κ3) is 15.8. The molecule has 2 saturated heterocycles. The highest BCUT2D eigenvalue weighted by Crippen LogP contribution is 2.44. The Balaban J connectivity index is 1.48. The smallest absolute Gasteiger partial charge is 0.312 e. The lowest BCUT2D eigenvalue weighted by Crippen LogP contribution is -2.40. The SMILES string of the molecule is CCCCCCCCCCCCCCOC(=O)C1C2CCC(O2)C1C(=O)OCCCCCCCCCCCCCC. The van der Waals surface area contributed by atoms with E-state index in [2.05, 4.69) is 13.8 Å². The summed E-state index contributed by atoms with van der Waals surface area (Å²) in [6, 6.07) is 0. The molecule has 0 aromatic heterocycles. The molecule has 0 aromatic carbocycles. The van der Waals surface area contributed by atoms with E-state index in [0.29, 0.717) is 13.2 Å². The molecule has 2 heterocycles. The van der Waals surface area contributed by atoms with Crippen molar-refractivity contribution in [1.29, 1.82) is 0 Å². The van der Waals surface area contributed by atoms with Gasteiger partial charge in [-0.05, 0) is 25.7 Å². The standard InChI is InChI=1S/C36H66O5/c1-3-5-7-9-11-13-15-17-19-21-23-25-29-39-35(37)33-31-27-28-32(41-31)34(33)36(38)40-30-26-24-22-20-18-16-14-12-10-8-6-4-2/h31-34H,3-30H2,1-2H3. The predicted molar refractivity (Wildman–Crippen MR) is 169 cm³/mol. The fourth-order valence-electron chi connectivity index (χ4n) is 6.70. The summed E-state index contributed by atoms with van der Waals surface area (Å²) >= 11 is 0. The van der Waals surface area contributed by atoms with Crippen molar-refractivity contribution >= 4 is 11.9 Å². The summed E-state index contributed by atoms with van der Waals surface area (Å²) in [6.07, 6.45) is 32.1. The van der Waals surface area contributed by atoms with Gasteiger partial charge >= 0.3 is 11.9 Å². The maximum atomic E-state index is 12.9. The maximum absolute atomic E-state index is 12.9. The van der Waals surface area contributed by atoms with Gasteiger partial charge in [0.05, 0.1) is 37.3 Å². The minimum Gasteiger partial charge on any atom is -0.465 e. The van der Waals surface area contributed by atoms with Gasteiger partial charge in [0.1, 0.15) is 0 Å². The Morgan fingerprint density at radius 2 is 0.732 bits per heavy atom. The molecule has 0 spiro atoms. The number of ether oxygens (including phenoxy) is 3. The van der Waals surface area contributed by atoms with Crippen LogP contribution >= 0.6 is 0 Å². The predicted octanol–water partition coefficient (Wildman–Crippen LogP) is 10.3. The van der Waals surface area contributed by atoms with Gasteiger partial charge in [0.25, 0.3) is 0 Å². The number of hydrogen-bond donors (Lipinski definition) is 0. The van der Waals surface area contributed by atoms with Gasteiger partial charge in [-0.2, -0.15) is 0 Å².